The van der Waals surface area contributed by atoms with Gasteiger partial charge in [-0.25, -0.2) is 4.98 Å². The summed E-state index contributed by atoms with van der Waals surface area (Å²) >= 11 is 0. The molecule has 1 fully saturated rings. The molecule has 0 spiro atoms. The van der Waals surface area contributed by atoms with Crippen molar-refractivity contribution in [2.24, 2.45) is 0 Å². The molecule has 1 aliphatic heterocycles. The molecule has 128 valence electrons. The summed E-state index contributed by atoms with van der Waals surface area (Å²) in [5.41, 5.74) is 1.06. The lowest BCUT2D eigenvalue weighted by Gasteiger charge is -2.39. The number of piperazine rings is 1. The average molecular weight is 334 g/mol. The zero-order valence-corrected chi connectivity index (χ0v) is 14.6. The maximum absolute atomic E-state index is 13.0. The summed E-state index contributed by atoms with van der Waals surface area (Å²) in [7, 11) is 0. The molecule has 5 heteroatoms. The summed E-state index contributed by atoms with van der Waals surface area (Å²) in [5, 5.41) is 8.86. The highest BCUT2D eigenvalue weighted by molar-refractivity contribution is 5.87. The number of anilines is 1. The molecule has 5 nitrogen and oxygen atoms in total. The molecule has 0 radical (unpaired) electrons. The summed E-state index contributed by atoms with van der Waals surface area (Å²) in [4.78, 5) is 21.4. The molecule has 1 amide bonds. The highest BCUT2D eigenvalue weighted by Crippen LogP contribution is 2.26. The third-order valence-corrected chi connectivity index (χ3v) is 4.80. The van der Waals surface area contributed by atoms with Gasteiger partial charge in [0.15, 0.2) is 0 Å². The van der Waals surface area contributed by atoms with E-state index in [9.17, 15) is 4.79 Å². The fraction of sp³-hybridized carbons (Fsp3) is 0.350. The maximum atomic E-state index is 13.0. The number of amides is 1. The van der Waals surface area contributed by atoms with Crippen LogP contribution in [0.15, 0.2) is 48.7 Å². The zero-order valence-electron chi connectivity index (χ0n) is 14.6. The van der Waals surface area contributed by atoms with Crippen molar-refractivity contribution in [1.82, 2.24) is 9.88 Å². The lowest BCUT2D eigenvalue weighted by molar-refractivity contribution is -0.136. The van der Waals surface area contributed by atoms with Gasteiger partial charge in [-0.1, -0.05) is 30.3 Å². The summed E-state index contributed by atoms with van der Waals surface area (Å²) in [6.45, 7) is 6.82. The summed E-state index contributed by atoms with van der Waals surface area (Å²) in [6.07, 6.45) is 1.59. The number of carbonyl (C=O) groups excluding carboxylic acids is 1. The molecule has 1 aromatic carbocycles. The Kier molecular flexibility index (Phi) is 4.71. The van der Waals surface area contributed by atoms with Gasteiger partial charge < -0.3 is 9.80 Å². The van der Waals surface area contributed by atoms with Crippen molar-refractivity contribution in [2.75, 3.05) is 31.1 Å². The fourth-order valence-corrected chi connectivity index (χ4v) is 3.15. The first-order valence-electron chi connectivity index (χ1n) is 8.48. The zero-order chi connectivity index (χ0) is 17.9. The number of aromatic nitrogens is 1. The number of pyridine rings is 1. The lowest BCUT2D eigenvalue weighted by Crippen LogP contribution is -2.53. The first kappa shape index (κ1) is 17.0. The van der Waals surface area contributed by atoms with Gasteiger partial charge in [-0.3, -0.25) is 4.79 Å². The molecule has 0 bridgehead atoms. The highest BCUT2D eigenvalue weighted by atomic mass is 16.2. The molecule has 0 N–H and O–H groups in total. The van der Waals surface area contributed by atoms with Crippen molar-refractivity contribution >= 4 is 11.7 Å². The quantitative estimate of drug-likeness (QED) is 0.865. The van der Waals surface area contributed by atoms with Crippen LogP contribution in [0.3, 0.4) is 0 Å². The first-order valence-corrected chi connectivity index (χ1v) is 8.48. The van der Waals surface area contributed by atoms with Crippen LogP contribution in [0.1, 0.15) is 25.0 Å². The number of nitriles is 1. The molecule has 0 saturated carbocycles. The van der Waals surface area contributed by atoms with E-state index in [1.54, 1.807) is 12.3 Å². The normalized spacial score (nSPS) is 14.9. The van der Waals surface area contributed by atoms with Crippen LogP contribution in [-0.2, 0) is 10.2 Å². The molecule has 0 unspecified atom stereocenters. The third-order valence-electron chi connectivity index (χ3n) is 4.80. The molecule has 25 heavy (non-hydrogen) atoms. The predicted molar refractivity (Wildman–Crippen MR) is 97.2 cm³/mol. The topological polar surface area (TPSA) is 60.2 Å². The Morgan fingerprint density at radius 3 is 2.32 bits per heavy atom. The van der Waals surface area contributed by atoms with Crippen LogP contribution in [0.5, 0.6) is 0 Å². The Balaban J connectivity index is 1.65. The fourth-order valence-electron chi connectivity index (χ4n) is 3.15. The lowest BCUT2D eigenvalue weighted by atomic mass is 9.83. The second kappa shape index (κ2) is 6.94. The minimum atomic E-state index is -0.532. The number of hydrogen-bond acceptors (Lipinski definition) is 4. The molecule has 2 aromatic rings. The monoisotopic (exact) mass is 334 g/mol. The Bertz CT molecular complexity index is 770. The minimum absolute atomic E-state index is 0.158. The van der Waals surface area contributed by atoms with E-state index in [0.29, 0.717) is 18.7 Å². The van der Waals surface area contributed by atoms with Gasteiger partial charge in [-0.05, 0) is 31.5 Å². The van der Waals surface area contributed by atoms with E-state index < -0.39 is 5.41 Å². The van der Waals surface area contributed by atoms with Crippen molar-refractivity contribution in [3.63, 3.8) is 0 Å². The van der Waals surface area contributed by atoms with E-state index in [4.69, 9.17) is 5.26 Å². The van der Waals surface area contributed by atoms with Gasteiger partial charge >= 0.3 is 0 Å². The molecule has 1 saturated heterocycles. The van der Waals surface area contributed by atoms with Crippen LogP contribution < -0.4 is 4.90 Å². The Labute approximate surface area is 148 Å². The number of benzene rings is 1. The van der Waals surface area contributed by atoms with Crippen molar-refractivity contribution in [2.45, 2.75) is 19.3 Å². The van der Waals surface area contributed by atoms with Crippen molar-refractivity contribution in [3.05, 3.63) is 59.8 Å². The maximum Gasteiger partial charge on any atom is 0.232 e. The molecule has 0 atom stereocenters. The Morgan fingerprint density at radius 1 is 1.08 bits per heavy atom. The largest absolute Gasteiger partial charge is 0.353 e. The second-order valence-corrected chi connectivity index (χ2v) is 6.79. The van der Waals surface area contributed by atoms with Crippen molar-refractivity contribution < 1.29 is 4.79 Å². The number of nitrogens with zero attached hydrogens (tertiary/aromatic N) is 4. The number of hydrogen-bond donors (Lipinski definition) is 0. The standard InChI is InChI=1S/C20H22N4O/c1-20(2,17-6-4-3-5-7-17)19(25)24-12-10-23(11-13-24)18-9-8-16(14-21)15-22-18/h3-9,15H,10-13H2,1-2H3. The minimum Gasteiger partial charge on any atom is -0.353 e. The average Bonchev–Trinajstić information content (AvgIpc) is 2.68. The van der Waals surface area contributed by atoms with E-state index in [-0.39, 0.29) is 5.91 Å². The molecule has 2 heterocycles. The van der Waals surface area contributed by atoms with Gasteiger partial charge in [0.2, 0.25) is 5.91 Å². The summed E-state index contributed by atoms with van der Waals surface area (Å²) in [5.74, 6) is 1.01. The van der Waals surface area contributed by atoms with Crippen LogP contribution >= 0.6 is 0 Å². The van der Waals surface area contributed by atoms with Crippen LogP contribution in [-0.4, -0.2) is 42.0 Å². The summed E-state index contributed by atoms with van der Waals surface area (Å²) in [6, 6.07) is 15.6. The Hall–Kier alpha value is -2.87. The van der Waals surface area contributed by atoms with Gasteiger partial charge in [0.25, 0.3) is 0 Å². The van der Waals surface area contributed by atoms with Crippen LogP contribution in [0.25, 0.3) is 0 Å². The smallest absolute Gasteiger partial charge is 0.232 e. The second-order valence-electron chi connectivity index (χ2n) is 6.79. The van der Waals surface area contributed by atoms with Gasteiger partial charge in [-0.2, -0.15) is 5.26 Å². The van der Waals surface area contributed by atoms with Crippen molar-refractivity contribution in [1.29, 1.82) is 5.26 Å². The number of carbonyl (C=O) groups is 1. The third kappa shape index (κ3) is 3.48. The van der Waals surface area contributed by atoms with Crippen LogP contribution in [0, 0.1) is 11.3 Å². The van der Waals surface area contributed by atoms with Crippen molar-refractivity contribution in [3.8, 4) is 6.07 Å². The van der Waals surface area contributed by atoms with E-state index in [0.717, 1.165) is 24.5 Å². The van der Waals surface area contributed by atoms with Crippen LogP contribution in [0.4, 0.5) is 5.82 Å². The van der Waals surface area contributed by atoms with Gasteiger partial charge in [0.05, 0.1) is 11.0 Å². The molecular weight excluding hydrogens is 312 g/mol. The predicted octanol–water partition coefficient (Wildman–Crippen LogP) is 2.58. The summed E-state index contributed by atoms with van der Waals surface area (Å²) < 4.78 is 0. The molecular formula is C20H22N4O. The SMILES string of the molecule is CC(C)(C(=O)N1CCN(c2ccc(C#N)cn2)CC1)c1ccccc1. The van der Waals surface area contributed by atoms with Crippen LogP contribution in [0.2, 0.25) is 0 Å². The highest BCUT2D eigenvalue weighted by Gasteiger charge is 2.35. The molecule has 1 aromatic heterocycles. The van der Waals surface area contributed by atoms with Gasteiger partial charge in [-0.15, -0.1) is 0 Å². The van der Waals surface area contributed by atoms with E-state index >= 15 is 0 Å². The Morgan fingerprint density at radius 2 is 1.76 bits per heavy atom. The van der Waals surface area contributed by atoms with Gasteiger partial charge in [0, 0.05) is 32.4 Å². The van der Waals surface area contributed by atoms with E-state index in [2.05, 4.69) is 16.0 Å². The molecule has 1 aliphatic rings. The van der Waals surface area contributed by atoms with E-state index in [1.165, 1.54) is 0 Å². The molecule has 3 rings (SSSR count). The van der Waals surface area contributed by atoms with E-state index in [1.807, 2.05) is 55.1 Å². The first-order chi connectivity index (χ1) is 12.0. The van der Waals surface area contributed by atoms with Gasteiger partial charge in [0.1, 0.15) is 11.9 Å². The molecule has 0 aliphatic carbocycles. The number of rotatable bonds is 3.